The Morgan fingerprint density at radius 3 is 3.00 bits per heavy atom. The number of nitrogens with zero attached hydrogens (tertiary/aromatic N) is 2. The van der Waals surface area contributed by atoms with Gasteiger partial charge in [0.05, 0.1) is 6.54 Å². The van der Waals surface area contributed by atoms with Gasteiger partial charge in [0.15, 0.2) is 5.13 Å². The molecule has 0 bridgehead atoms. The van der Waals surface area contributed by atoms with Crippen LogP contribution in [0.3, 0.4) is 0 Å². The summed E-state index contributed by atoms with van der Waals surface area (Å²) in [5, 5.41) is 6.60. The van der Waals surface area contributed by atoms with Crippen LogP contribution < -0.4 is 10.2 Å². The molecule has 2 heterocycles. The number of rotatable bonds is 6. The van der Waals surface area contributed by atoms with E-state index >= 15 is 0 Å². The monoisotopic (exact) mass is 293 g/mol. The molecule has 5 heteroatoms. The molecule has 0 amide bonds. The van der Waals surface area contributed by atoms with Crippen molar-refractivity contribution >= 4 is 27.8 Å². The molecule has 102 valence electrons. The summed E-state index contributed by atoms with van der Waals surface area (Å²) in [4.78, 5) is 9.85. The molecule has 1 atom stereocenters. The molecule has 2 aromatic rings. The second kappa shape index (κ2) is 5.61. The first-order valence-electron chi connectivity index (χ1n) is 6.70. The third-order valence-corrected chi connectivity index (χ3v) is 5.59. The van der Waals surface area contributed by atoms with Gasteiger partial charge in [-0.2, -0.15) is 0 Å². The minimum absolute atomic E-state index is 0.383. The van der Waals surface area contributed by atoms with Gasteiger partial charge in [0.25, 0.3) is 0 Å². The van der Waals surface area contributed by atoms with Crippen LogP contribution in [0.25, 0.3) is 0 Å². The van der Waals surface area contributed by atoms with Crippen LogP contribution >= 0.6 is 22.7 Å². The number of thiophene rings is 1. The van der Waals surface area contributed by atoms with Gasteiger partial charge in [-0.05, 0) is 38.3 Å². The molecule has 0 aliphatic heterocycles. The van der Waals surface area contributed by atoms with Crippen molar-refractivity contribution in [2.45, 2.75) is 38.4 Å². The van der Waals surface area contributed by atoms with Gasteiger partial charge in [-0.15, -0.1) is 22.7 Å². The highest BCUT2D eigenvalue weighted by molar-refractivity contribution is 7.15. The van der Waals surface area contributed by atoms with Crippen molar-refractivity contribution in [3.63, 3.8) is 0 Å². The predicted molar refractivity (Wildman–Crippen MR) is 83.1 cm³/mol. The van der Waals surface area contributed by atoms with Gasteiger partial charge >= 0.3 is 0 Å². The van der Waals surface area contributed by atoms with Crippen molar-refractivity contribution in [2.24, 2.45) is 0 Å². The Labute approximate surface area is 122 Å². The number of nitrogens with one attached hydrogen (secondary N) is 1. The highest BCUT2D eigenvalue weighted by atomic mass is 32.1. The molecule has 1 N–H and O–H groups in total. The van der Waals surface area contributed by atoms with E-state index in [2.05, 4.69) is 39.6 Å². The lowest BCUT2D eigenvalue weighted by molar-refractivity contribution is 0.662. The molecule has 3 nitrogen and oxygen atoms in total. The highest BCUT2D eigenvalue weighted by Crippen LogP contribution is 2.36. The van der Waals surface area contributed by atoms with Gasteiger partial charge in [-0.1, -0.05) is 6.07 Å². The normalized spacial score (nSPS) is 16.5. The fourth-order valence-corrected chi connectivity index (χ4v) is 3.81. The van der Waals surface area contributed by atoms with Crippen molar-refractivity contribution in [3.8, 4) is 0 Å². The molecule has 1 saturated carbocycles. The van der Waals surface area contributed by atoms with Gasteiger partial charge in [0.2, 0.25) is 0 Å². The predicted octanol–water partition coefficient (Wildman–Crippen LogP) is 3.65. The summed E-state index contributed by atoms with van der Waals surface area (Å²) in [6.07, 6.45) is 4.63. The number of hydrogen-bond acceptors (Lipinski definition) is 5. The summed E-state index contributed by atoms with van der Waals surface area (Å²) < 4.78 is 0. The molecule has 2 aromatic heterocycles. The fraction of sp³-hybridized carbons (Fsp3) is 0.500. The molecular weight excluding hydrogens is 274 g/mol. The minimum Gasteiger partial charge on any atom is -0.340 e. The molecule has 0 saturated heterocycles. The van der Waals surface area contributed by atoms with E-state index in [4.69, 9.17) is 0 Å². The van der Waals surface area contributed by atoms with Crippen LogP contribution in [0.1, 0.15) is 35.6 Å². The smallest absolute Gasteiger partial charge is 0.186 e. The van der Waals surface area contributed by atoms with Gasteiger partial charge < -0.3 is 10.2 Å². The van der Waals surface area contributed by atoms with Crippen LogP contribution in [0.4, 0.5) is 5.13 Å². The lowest BCUT2D eigenvalue weighted by Crippen LogP contribution is -2.24. The number of hydrogen-bond donors (Lipinski definition) is 1. The van der Waals surface area contributed by atoms with E-state index in [0.29, 0.717) is 12.1 Å². The summed E-state index contributed by atoms with van der Waals surface area (Å²) in [5.41, 5.74) is 0. The van der Waals surface area contributed by atoms with E-state index in [-0.39, 0.29) is 0 Å². The SMILES string of the molecule is CNC(C)c1cnc(N(Cc2cccs2)C2CC2)s1. The molecule has 0 aromatic carbocycles. The van der Waals surface area contributed by atoms with E-state index in [1.165, 1.54) is 27.7 Å². The maximum Gasteiger partial charge on any atom is 0.186 e. The highest BCUT2D eigenvalue weighted by Gasteiger charge is 2.31. The Balaban J connectivity index is 1.78. The molecule has 19 heavy (non-hydrogen) atoms. The Kier molecular flexibility index (Phi) is 3.86. The van der Waals surface area contributed by atoms with Crippen molar-refractivity contribution < 1.29 is 0 Å². The Morgan fingerprint density at radius 1 is 1.53 bits per heavy atom. The first kappa shape index (κ1) is 13.1. The molecular formula is C14H19N3S2. The zero-order valence-corrected chi connectivity index (χ0v) is 12.9. The number of aromatic nitrogens is 1. The van der Waals surface area contributed by atoms with E-state index in [1.807, 2.05) is 35.9 Å². The van der Waals surface area contributed by atoms with Crippen LogP contribution in [0.5, 0.6) is 0 Å². The zero-order chi connectivity index (χ0) is 13.2. The summed E-state index contributed by atoms with van der Waals surface area (Å²) >= 11 is 3.65. The van der Waals surface area contributed by atoms with Crippen LogP contribution in [0.15, 0.2) is 23.7 Å². The number of thiazole rings is 1. The van der Waals surface area contributed by atoms with Crippen LogP contribution in [-0.4, -0.2) is 18.1 Å². The first-order chi connectivity index (χ1) is 9.28. The topological polar surface area (TPSA) is 28.2 Å². The maximum absolute atomic E-state index is 4.64. The Morgan fingerprint density at radius 2 is 2.37 bits per heavy atom. The number of anilines is 1. The molecule has 1 fully saturated rings. The first-order valence-corrected chi connectivity index (χ1v) is 8.39. The molecule has 1 unspecified atom stereocenters. The zero-order valence-electron chi connectivity index (χ0n) is 11.3. The van der Waals surface area contributed by atoms with Crippen LogP contribution in [0, 0.1) is 0 Å². The second-order valence-electron chi connectivity index (χ2n) is 4.99. The fourth-order valence-electron chi connectivity index (χ4n) is 2.06. The average Bonchev–Trinajstić information content (AvgIpc) is 2.94. The largest absolute Gasteiger partial charge is 0.340 e. The standard InChI is InChI=1S/C14H19N3S2/c1-10(15-2)13-8-16-14(19-13)17(11-5-6-11)9-12-4-3-7-18-12/h3-4,7-8,10-11,15H,5-6,9H2,1-2H3. The van der Waals surface area contributed by atoms with Crippen molar-refractivity contribution in [3.05, 3.63) is 33.5 Å². The summed E-state index contributed by atoms with van der Waals surface area (Å²) in [6.45, 7) is 3.18. The summed E-state index contributed by atoms with van der Waals surface area (Å²) in [5.74, 6) is 0. The van der Waals surface area contributed by atoms with Crippen LogP contribution in [0.2, 0.25) is 0 Å². The lowest BCUT2D eigenvalue weighted by Gasteiger charge is -2.20. The summed E-state index contributed by atoms with van der Waals surface area (Å²) in [7, 11) is 1.99. The molecule has 1 aliphatic carbocycles. The minimum atomic E-state index is 0.383. The van der Waals surface area contributed by atoms with E-state index in [1.54, 1.807) is 0 Å². The van der Waals surface area contributed by atoms with Crippen molar-refractivity contribution in [1.29, 1.82) is 0 Å². The van der Waals surface area contributed by atoms with Crippen LogP contribution in [-0.2, 0) is 6.54 Å². The Hall–Kier alpha value is -0.910. The third-order valence-electron chi connectivity index (χ3n) is 3.51. The van der Waals surface area contributed by atoms with E-state index in [0.717, 1.165) is 6.54 Å². The quantitative estimate of drug-likeness (QED) is 0.881. The Bertz CT molecular complexity index is 517. The van der Waals surface area contributed by atoms with Crippen molar-refractivity contribution in [2.75, 3.05) is 11.9 Å². The maximum atomic E-state index is 4.64. The molecule has 0 radical (unpaired) electrons. The van der Waals surface area contributed by atoms with E-state index < -0.39 is 0 Å². The van der Waals surface area contributed by atoms with E-state index in [9.17, 15) is 0 Å². The van der Waals surface area contributed by atoms with Gasteiger partial charge in [-0.3, -0.25) is 0 Å². The lowest BCUT2D eigenvalue weighted by atomic mass is 10.3. The molecule has 0 spiro atoms. The molecule has 3 rings (SSSR count). The van der Waals surface area contributed by atoms with Gasteiger partial charge in [0, 0.05) is 28.0 Å². The molecule has 1 aliphatic rings. The average molecular weight is 293 g/mol. The third kappa shape index (κ3) is 2.99. The van der Waals surface area contributed by atoms with Gasteiger partial charge in [-0.25, -0.2) is 4.98 Å². The summed E-state index contributed by atoms with van der Waals surface area (Å²) in [6, 6.07) is 5.42. The van der Waals surface area contributed by atoms with Gasteiger partial charge in [0.1, 0.15) is 0 Å². The second-order valence-corrected chi connectivity index (χ2v) is 7.07. The van der Waals surface area contributed by atoms with Crippen molar-refractivity contribution in [1.82, 2.24) is 10.3 Å².